The van der Waals surface area contributed by atoms with Crippen LogP contribution in [0.4, 0.5) is 0 Å². The largest absolute Gasteiger partial charge is 0.497 e. The predicted octanol–water partition coefficient (Wildman–Crippen LogP) is 3.19. The Bertz CT molecular complexity index is 512. The molecule has 3 rings (SSSR count). The van der Waals surface area contributed by atoms with E-state index in [4.69, 9.17) is 9.47 Å². The summed E-state index contributed by atoms with van der Waals surface area (Å²) < 4.78 is 11.0. The number of carbonyl (C=O) groups excluding carboxylic acids is 1. The minimum absolute atomic E-state index is 0.281. The normalized spacial score (nSPS) is 24.1. The smallest absolute Gasteiger partial charge is 0.222 e. The van der Waals surface area contributed by atoms with Crippen molar-refractivity contribution in [2.75, 3.05) is 20.3 Å². The van der Waals surface area contributed by atoms with E-state index < -0.39 is 0 Å². The van der Waals surface area contributed by atoms with E-state index in [2.05, 4.69) is 17.0 Å². The lowest BCUT2D eigenvalue weighted by atomic mass is 9.90. The van der Waals surface area contributed by atoms with Crippen molar-refractivity contribution < 1.29 is 14.3 Å². The number of nitrogens with zero attached hydrogens (tertiary/aromatic N) is 1. The van der Waals surface area contributed by atoms with Crippen molar-refractivity contribution in [1.29, 1.82) is 0 Å². The molecule has 1 amide bonds. The number of benzene rings is 1. The Morgan fingerprint density at radius 1 is 1.26 bits per heavy atom. The first kappa shape index (κ1) is 16.3. The quantitative estimate of drug-likeness (QED) is 0.837. The van der Waals surface area contributed by atoms with E-state index in [9.17, 15) is 4.79 Å². The fourth-order valence-corrected chi connectivity index (χ4v) is 3.79. The predicted molar refractivity (Wildman–Crippen MR) is 89.6 cm³/mol. The Labute approximate surface area is 138 Å². The summed E-state index contributed by atoms with van der Waals surface area (Å²) >= 11 is 0. The molecule has 1 aliphatic carbocycles. The first-order valence-electron chi connectivity index (χ1n) is 8.82. The highest BCUT2D eigenvalue weighted by atomic mass is 16.5. The van der Waals surface area contributed by atoms with Crippen molar-refractivity contribution in [2.24, 2.45) is 0 Å². The third-order valence-corrected chi connectivity index (χ3v) is 5.07. The highest BCUT2D eigenvalue weighted by molar-refractivity contribution is 5.76. The maximum Gasteiger partial charge on any atom is 0.222 e. The summed E-state index contributed by atoms with van der Waals surface area (Å²) in [5.74, 6) is 1.18. The molecule has 23 heavy (non-hydrogen) atoms. The van der Waals surface area contributed by atoms with Crippen molar-refractivity contribution >= 4 is 5.91 Å². The molecule has 0 aromatic heterocycles. The summed E-state index contributed by atoms with van der Waals surface area (Å²) in [5.41, 5.74) is 1.26. The van der Waals surface area contributed by atoms with Crippen LogP contribution in [-0.4, -0.2) is 43.2 Å². The molecule has 1 saturated carbocycles. The maximum atomic E-state index is 12.6. The monoisotopic (exact) mass is 317 g/mol. The third kappa shape index (κ3) is 4.05. The number of morpholine rings is 1. The molecule has 1 heterocycles. The van der Waals surface area contributed by atoms with Gasteiger partial charge in [-0.05, 0) is 43.4 Å². The topological polar surface area (TPSA) is 38.8 Å². The van der Waals surface area contributed by atoms with Gasteiger partial charge in [-0.2, -0.15) is 0 Å². The van der Waals surface area contributed by atoms with Crippen LogP contribution in [0.25, 0.3) is 0 Å². The van der Waals surface area contributed by atoms with Crippen LogP contribution in [0.15, 0.2) is 24.3 Å². The summed E-state index contributed by atoms with van der Waals surface area (Å²) in [6.07, 6.45) is 7.43. The van der Waals surface area contributed by atoms with E-state index in [1.165, 1.54) is 18.4 Å². The van der Waals surface area contributed by atoms with Gasteiger partial charge in [-0.15, -0.1) is 0 Å². The lowest BCUT2D eigenvalue weighted by Gasteiger charge is -2.43. The number of methoxy groups -OCH3 is 1. The number of amides is 1. The molecule has 0 N–H and O–H groups in total. The number of ether oxygens (including phenoxy) is 2. The second kappa shape index (κ2) is 7.82. The third-order valence-electron chi connectivity index (χ3n) is 5.07. The minimum atomic E-state index is 0.281. The molecule has 0 bridgehead atoms. The molecule has 2 aliphatic rings. The van der Waals surface area contributed by atoms with Crippen LogP contribution in [0.2, 0.25) is 0 Å². The summed E-state index contributed by atoms with van der Waals surface area (Å²) in [5, 5.41) is 0. The van der Waals surface area contributed by atoms with Crippen molar-refractivity contribution in [3.05, 3.63) is 29.8 Å². The van der Waals surface area contributed by atoms with Gasteiger partial charge >= 0.3 is 0 Å². The Morgan fingerprint density at radius 3 is 2.83 bits per heavy atom. The molecule has 0 spiro atoms. The van der Waals surface area contributed by atoms with Gasteiger partial charge in [-0.3, -0.25) is 4.79 Å². The number of rotatable bonds is 5. The first-order valence-corrected chi connectivity index (χ1v) is 8.82. The van der Waals surface area contributed by atoms with E-state index in [-0.39, 0.29) is 6.10 Å². The molecule has 2 atom stereocenters. The van der Waals surface area contributed by atoms with Crippen LogP contribution in [0.5, 0.6) is 5.75 Å². The van der Waals surface area contributed by atoms with Crippen LogP contribution >= 0.6 is 0 Å². The van der Waals surface area contributed by atoms with Crippen LogP contribution in [0, 0.1) is 0 Å². The van der Waals surface area contributed by atoms with Gasteiger partial charge in [-0.25, -0.2) is 0 Å². The Morgan fingerprint density at radius 2 is 2.04 bits per heavy atom. The second-order valence-electron chi connectivity index (χ2n) is 6.55. The van der Waals surface area contributed by atoms with Gasteiger partial charge in [0.25, 0.3) is 0 Å². The lowest BCUT2D eigenvalue weighted by Crippen LogP contribution is -2.54. The number of carbonyl (C=O) groups is 1. The Hall–Kier alpha value is -1.55. The summed E-state index contributed by atoms with van der Waals surface area (Å²) in [7, 11) is 1.68. The Balaban J connectivity index is 1.48. The summed E-state index contributed by atoms with van der Waals surface area (Å²) in [6.45, 7) is 1.47. The van der Waals surface area contributed by atoms with Gasteiger partial charge in [-0.1, -0.05) is 25.0 Å². The molecule has 1 aromatic carbocycles. The van der Waals surface area contributed by atoms with Gasteiger partial charge in [0.15, 0.2) is 0 Å². The standard InChI is InChI=1S/C19H27NO3/c1-22-16-11-9-15(10-12-16)5-4-8-19(21)20-13-14-23-18-7-3-2-6-17(18)20/h9-12,17-18H,2-8,13-14H2,1H3/t17-,18-/m1/s1. The van der Waals surface area contributed by atoms with Crippen LogP contribution in [0.3, 0.4) is 0 Å². The minimum Gasteiger partial charge on any atom is -0.497 e. The molecule has 4 heteroatoms. The average molecular weight is 317 g/mol. The fourth-order valence-electron chi connectivity index (χ4n) is 3.79. The fraction of sp³-hybridized carbons (Fsp3) is 0.632. The van der Waals surface area contributed by atoms with Crippen molar-refractivity contribution in [1.82, 2.24) is 4.90 Å². The van der Waals surface area contributed by atoms with Gasteiger partial charge in [0.1, 0.15) is 5.75 Å². The van der Waals surface area contributed by atoms with Crippen molar-refractivity contribution in [3.8, 4) is 5.75 Å². The van der Waals surface area contributed by atoms with E-state index >= 15 is 0 Å². The second-order valence-corrected chi connectivity index (χ2v) is 6.55. The maximum absolute atomic E-state index is 12.6. The number of hydrogen-bond donors (Lipinski definition) is 0. The van der Waals surface area contributed by atoms with Gasteiger partial charge in [0.05, 0.1) is 25.9 Å². The number of fused-ring (bicyclic) bond motifs is 1. The average Bonchev–Trinajstić information content (AvgIpc) is 2.61. The molecular weight excluding hydrogens is 290 g/mol. The summed E-state index contributed by atoms with van der Waals surface area (Å²) in [4.78, 5) is 14.7. The van der Waals surface area contributed by atoms with Gasteiger partial charge in [0, 0.05) is 13.0 Å². The van der Waals surface area contributed by atoms with Crippen LogP contribution in [-0.2, 0) is 16.0 Å². The van der Waals surface area contributed by atoms with Crippen molar-refractivity contribution in [3.63, 3.8) is 0 Å². The summed E-state index contributed by atoms with van der Waals surface area (Å²) in [6, 6.07) is 8.44. The molecule has 0 radical (unpaired) electrons. The highest BCUT2D eigenvalue weighted by Gasteiger charge is 2.36. The molecule has 126 valence electrons. The van der Waals surface area contributed by atoms with Crippen LogP contribution < -0.4 is 4.74 Å². The van der Waals surface area contributed by atoms with Gasteiger partial charge < -0.3 is 14.4 Å². The van der Waals surface area contributed by atoms with E-state index in [1.54, 1.807) is 7.11 Å². The molecule has 1 aliphatic heterocycles. The lowest BCUT2D eigenvalue weighted by molar-refractivity contribution is -0.149. The van der Waals surface area contributed by atoms with Crippen molar-refractivity contribution in [2.45, 2.75) is 57.1 Å². The molecule has 0 unspecified atom stereocenters. The van der Waals surface area contributed by atoms with Gasteiger partial charge in [0.2, 0.25) is 5.91 Å². The molecule has 1 aromatic rings. The zero-order chi connectivity index (χ0) is 16.1. The number of hydrogen-bond acceptors (Lipinski definition) is 3. The first-order chi connectivity index (χ1) is 11.3. The zero-order valence-electron chi connectivity index (χ0n) is 14.0. The molecule has 1 saturated heterocycles. The van der Waals surface area contributed by atoms with Crippen LogP contribution in [0.1, 0.15) is 44.1 Å². The molecule has 4 nitrogen and oxygen atoms in total. The van der Waals surface area contributed by atoms with E-state index in [0.29, 0.717) is 25.0 Å². The number of aryl methyl sites for hydroxylation is 1. The van der Waals surface area contributed by atoms with E-state index in [1.807, 2.05) is 12.1 Å². The molecule has 2 fully saturated rings. The Kier molecular flexibility index (Phi) is 5.55. The molecular formula is C19H27NO3. The van der Waals surface area contributed by atoms with E-state index in [0.717, 1.165) is 38.0 Å². The zero-order valence-corrected chi connectivity index (χ0v) is 14.0. The highest BCUT2D eigenvalue weighted by Crippen LogP contribution is 2.29. The SMILES string of the molecule is COc1ccc(CCCC(=O)N2CCO[C@@H]3CCCC[C@H]32)cc1.